The van der Waals surface area contributed by atoms with Gasteiger partial charge in [-0.2, -0.15) is 0 Å². The van der Waals surface area contributed by atoms with E-state index in [4.69, 9.17) is 4.99 Å². The van der Waals surface area contributed by atoms with Crippen LogP contribution in [-0.2, 0) is 0 Å². The van der Waals surface area contributed by atoms with E-state index >= 15 is 0 Å². The van der Waals surface area contributed by atoms with Crippen molar-refractivity contribution in [2.75, 3.05) is 0 Å². The summed E-state index contributed by atoms with van der Waals surface area (Å²) < 4.78 is 0. The predicted molar refractivity (Wildman–Crippen MR) is 270 cm³/mol. The van der Waals surface area contributed by atoms with Crippen molar-refractivity contribution in [2.45, 2.75) is 40.0 Å². The number of aliphatic imine (C=N–C) groups is 1. The van der Waals surface area contributed by atoms with Crippen molar-refractivity contribution in [2.24, 2.45) is 4.99 Å². The lowest BCUT2D eigenvalue weighted by molar-refractivity contribution is 1.05. The molecule has 0 aromatic heterocycles. The Morgan fingerprint density at radius 3 is 1.63 bits per heavy atom. The summed E-state index contributed by atoms with van der Waals surface area (Å²) in [6, 6.07) is 63.0. The highest BCUT2D eigenvalue weighted by atomic mass is 14.8. The minimum absolute atomic E-state index is 0.768. The van der Waals surface area contributed by atoms with Gasteiger partial charge in [0.2, 0.25) is 0 Å². The van der Waals surface area contributed by atoms with Crippen LogP contribution < -0.4 is 0 Å². The molecular weight excluding hydrogens is 747 g/mol. The van der Waals surface area contributed by atoms with Crippen molar-refractivity contribution in [1.82, 2.24) is 0 Å². The third-order valence-corrected chi connectivity index (χ3v) is 11.6. The van der Waals surface area contributed by atoms with Gasteiger partial charge in [-0.1, -0.05) is 214 Å². The van der Waals surface area contributed by atoms with Gasteiger partial charge in [0.25, 0.3) is 0 Å². The number of nitrogens with zero attached hydrogens (tertiary/aromatic N) is 1. The van der Waals surface area contributed by atoms with E-state index < -0.39 is 0 Å². The highest BCUT2D eigenvalue weighted by Gasteiger charge is 2.18. The van der Waals surface area contributed by atoms with Crippen molar-refractivity contribution >= 4 is 28.1 Å². The van der Waals surface area contributed by atoms with Crippen LogP contribution >= 0.6 is 0 Å². The minimum atomic E-state index is 0.768. The zero-order chi connectivity index (χ0) is 42.7. The molecule has 0 heterocycles. The van der Waals surface area contributed by atoms with Gasteiger partial charge in [0, 0.05) is 11.3 Å². The molecule has 0 aliphatic heterocycles. The summed E-state index contributed by atoms with van der Waals surface area (Å²) in [6.07, 6.45) is 18.2. The summed E-state index contributed by atoms with van der Waals surface area (Å²) in [6.45, 7) is 11.0. The van der Waals surface area contributed by atoms with Gasteiger partial charge in [0.15, 0.2) is 0 Å². The van der Waals surface area contributed by atoms with E-state index in [9.17, 15) is 0 Å². The predicted octanol–water partition coefficient (Wildman–Crippen LogP) is 17.0. The fourth-order valence-electron chi connectivity index (χ4n) is 8.18. The van der Waals surface area contributed by atoms with Crippen LogP contribution in [0.4, 0.5) is 0 Å². The third kappa shape index (κ3) is 9.65. The molecule has 7 aromatic carbocycles. The Morgan fingerprint density at radius 2 is 1.08 bits per heavy atom. The van der Waals surface area contributed by atoms with Crippen LogP contribution in [0.15, 0.2) is 230 Å². The summed E-state index contributed by atoms with van der Waals surface area (Å²) in [5.41, 5.74) is 20.8. The number of hydrogen-bond acceptors (Lipinski definition) is 1. The highest BCUT2D eigenvalue weighted by Crippen LogP contribution is 2.41. The lowest BCUT2D eigenvalue weighted by atomic mass is 9.83. The molecule has 1 nitrogen and oxygen atoms in total. The molecule has 302 valence electrons. The van der Waals surface area contributed by atoms with Gasteiger partial charge in [0.05, 0.1) is 5.70 Å². The van der Waals surface area contributed by atoms with E-state index in [2.05, 4.69) is 240 Å². The second-order valence-corrected chi connectivity index (χ2v) is 15.8. The molecule has 0 radical (unpaired) electrons. The summed E-state index contributed by atoms with van der Waals surface area (Å²) in [5.74, 6) is 0. The van der Waals surface area contributed by atoms with Crippen LogP contribution in [-0.4, -0.2) is 5.71 Å². The smallest absolute Gasteiger partial charge is 0.0711 e. The average molecular weight is 800 g/mol. The van der Waals surface area contributed by atoms with Gasteiger partial charge in [0.1, 0.15) is 0 Å². The Morgan fingerprint density at radius 1 is 0.581 bits per heavy atom. The second-order valence-electron chi connectivity index (χ2n) is 15.8. The standard InChI is InChI=1S/C61H53N/c1-5-7-20-44(3)56-42-58(52-27-18-11-19-28-52)59(43-57(56)51-25-16-10-17-26-51)53-35-39-54(40-36-53)60(6-2)62-61(55-37-33-50(34-38-55)48-23-14-9-15-24-48)41-45(4)46-29-31-49(32-30-46)47-21-12-8-13-22-47/h5,7-16,18-25,27-43H,4,6,17,26H2,1-3H3/b7-5-,44-20+,61-41-,62-60?. The number of hydrogen-bond donors (Lipinski definition) is 0. The Balaban J connectivity index is 1.19. The fraction of sp³-hybridized carbons (Fsp3) is 0.0984. The van der Waals surface area contributed by atoms with Gasteiger partial charge in [-0.15, -0.1) is 0 Å². The van der Waals surface area contributed by atoms with Gasteiger partial charge < -0.3 is 0 Å². The van der Waals surface area contributed by atoms with Gasteiger partial charge in [-0.3, -0.25) is 4.99 Å². The first kappa shape index (κ1) is 41.4. The van der Waals surface area contributed by atoms with Crippen LogP contribution in [0.1, 0.15) is 67.9 Å². The van der Waals surface area contributed by atoms with Gasteiger partial charge in [-0.05, 0) is 135 Å². The monoisotopic (exact) mass is 799 g/mol. The van der Waals surface area contributed by atoms with E-state index in [1.54, 1.807) is 0 Å². The molecule has 62 heavy (non-hydrogen) atoms. The molecule has 0 saturated carbocycles. The highest BCUT2D eigenvalue weighted by molar-refractivity contribution is 6.04. The summed E-state index contributed by atoms with van der Waals surface area (Å²) in [5, 5.41) is 0. The molecule has 0 bridgehead atoms. The Bertz CT molecular complexity index is 2830. The Hall–Kier alpha value is -7.35. The number of allylic oxidation sites excluding steroid dienone is 10. The maximum Gasteiger partial charge on any atom is 0.0711 e. The average Bonchev–Trinajstić information content (AvgIpc) is 3.35. The maximum atomic E-state index is 5.46. The molecule has 1 heteroatoms. The molecule has 7 aromatic rings. The zero-order valence-corrected chi connectivity index (χ0v) is 36.1. The molecule has 1 aliphatic rings. The van der Waals surface area contributed by atoms with Gasteiger partial charge in [-0.25, -0.2) is 0 Å². The third-order valence-electron chi connectivity index (χ3n) is 11.6. The van der Waals surface area contributed by atoms with E-state index in [0.717, 1.165) is 52.9 Å². The van der Waals surface area contributed by atoms with Gasteiger partial charge >= 0.3 is 0 Å². The zero-order valence-electron chi connectivity index (χ0n) is 36.1. The molecule has 1 aliphatic carbocycles. The second kappa shape index (κ2) is 19.8. The largest absolute Gasteiger partial charge is 0.252 e. The number of benzene rings is 7. The first-order valence-electron chi connectivity index (χ1n) is 21.8. The topological polar surface area (TPSA) is 12.4 Å². The first-order chi connectivity index (χ1) is 30.5. The van der Waals surface area contributed by atoms with Crippen molar-refractivity contribution in [3.8, 4) is 44.5 Å². The van der Waals surface area contributed by atoms with E-state index in [1.807, 2.05) is 6.07 Å². The van der Waals surface area contributed by atoms with Crippen LogP contribution in [0.25, 0.3) is 66.9 Å². The molecular formula is C61H53N. The molecule has 0 unspecified atom stereocenters. The molecule has 8 rings (SSSR count). The molecule has 0 fully saturated rings. The van der Waals surface area contributed by atoms with Crippen molar-refractivity contribution < 1.29 is 0 Å². The maximum absolute atomic E-state index is 5.46. The summed E-state index contributed by atoms with van der Waals surface area (Å²) in [7, 11) is 0. The quantitative estimate of drug-likeness (QED) is 0.0814. The Labute approximate surface area is 368 Å². The Kier molecular flexibility index (Phi) is 13.2. The van der Waals surface area contributed by atoms with Crippen molar-refractivity contribution in [1.29, 1.82) is 0 Å². The van der Waals surface area contributed by atoms with Crippen LogP contribution in [0.2, 0.25) is 0 Å². The van der Waals surface area contributed by atoms with Crippen LogP contribution in [0, 0.1) is 0 Å². The molecule has 0 atom stereocenters. The van der Waals surface area contributed by atoms with E-state index in [0.29, 0.717) is 0 Å². The minimum Gasteiger partial charge on any atom is -0.252 e. The van der Waals surface area contributed by atoms with Crippen LogP contribution in [0.3, 0.4) is 0 Å². The molecule has 0 saturated heterocycles. The van der Waals surface area contributed by atoms with Crippen molar-refractivity contribution in [3.63, 3.8) is 0 Å². The van der Waals surface area contributed by atoms with E-state index in [-0.39, 0.29) is 0 Å². The lowest BCUT2D eigenvalue weighted by Crippen LogP contribution is -2.01. The van der Waals surface area contributed by atoms with Crippen LogP contribution in [0.5, 0.6) is 0 Å². The summed E-state index contributed by atoms with van der Waals surface area (Å²) in [4.78, 5) is 5.46. The fourth-order valence-corrected chi connectivity index (χ4v) is 8.18. The first-order valence-corrected chi connectivity index (χ1v) is 21.8. The SMILES string of the molecule is C=C(/C=C(\N=C(CC)c1ccc(-c2cc(C3=CC=CCC3)c(/C(C)=C/C=C\C)cc2-c2ccccc2)cc1)c1ccc(-c2ccccc2)cc1)c1ccc(-c2ccccc2)cc1. The number of rotatable bonds is 13. The molecule has 0 spiro atoms. The normalized spacial score (nSPS) is 13.3. The van der Waals surface area contributed by atoms with E-state index in [1.165, 1.54) is 66.8 Å². The lowest BCUT2D eigenvalue weighted by Gasteiger charge is -2.21. The van der Waals surface area contributed by atoms with Crippen molar-refractivity contribution in [3.05, 3.63) is 253 Å². The summed E-state index contributed by atoms with van der Waals surface area (Å²) >= 11 is 0. The molecule has 0 amide bonds. The molecule has 0 N–H and O–H groups in total.